The largest absolute Gasteiger partial charge is 0.449 e. The average Bonchev–Trinajstić information content (AvgIpc) is 2.45. The van der Waals surface area contributed by atoms with Crippen molar-refractivity contribution < 1.29 is 4.42 Å². The van der Waals surface area contributed by atoms with Crippen molar-refractivity contribution in [1.82, 2.24) is 5.32 Å². The predicted molar refractivity (Wildman–Crippen MR) is 57.6 cm³/mol. The predicted octanol–water partition coefficient (Wildman–Crippen LogP) is 3.17. The van der Waals surface area contributed by atoms with E-state index in [1.54, 1.807) is 0 Å². The van der Waals surface area contributed by atoms with Crippen molar-refractivity contribution in [3.8, 4) is 0 Å². The van der Waals surface area contributed by atoms with Gasteiger partial charge in [-0.3, -0.25) is 0 Å². The standard InChI is InChI=1S/C11H16ClNO/c1-7(2)5-9-8-6-11(12)14-10(8)3-4-13-9/h6-7,9,13H,3-5H2,1-2H3. The van der Waals surface area contributed by atoms with Crippen LogP contribution < -0.4 is 5.32 Å². The van der Waals surface area contributed by atoms with Gasteiger partial charge in [0.2, 0.25) is 0 Å². The summed E-state index contributed by atoms with van der Waals surface area (Å²) in [6, 6.07) is 2.38. The molecule has 2 rings (SSSR count). The van der Waals surface area contributed by atoms with Crippen LogP contribution in [0.15, 0.2) is 10.5 Å². The van der Waals surface area contributed by atoms with Gasteiger partial charge in [0.05, 0.1) is 0 Å². The lowest BCUT2D eigenvalue weighted by Crippen LogP contribution is -2.29. The van der Waals surface area contributed by atoms with Crippen LogP contribution in [0.4, 0.5) is 0 Å². The second kappa shape index (κ2) is 3.95. The van der Waals surface area contributed by atoms with E-state index in [0.29, 0.717) is 17.2 Å². The van der Waals surface area contributed by atoms with Crippen molar-refractivity contribution in [1.29, 1.82) is 0 Å². The molecule has 14 heavy (non-hydrogen) atoms. The fraction of sp³-hybridized carbons (Fsp3) is 0.636. The highest BCUT2D eigenvalue weighted by atomic mass is 35.5. The summed E-state index contributed by atoms with van der Waals surface area (Å²) in [6.07, 6.45) is 2.10. The third-order valence-corrected chi connectivity index (χ3v) is 2.82. The second-order valence-electron chi connectivity index (χ2n) is 4.32. The van der Waals surface area contributed by atoms with Gasteiger partial charge in [-0.2, -0.15) is 0 Å². The smallest absolute Gasteiger partial charge is 0.193 e. The zero-order valence-electron chi connectivity index (χ0n) is 8.64. The summed E-state index contributed by atoms with van der Waals surface area (Å²) < 4.78 is 5.44. The molecule has 0 amide bonds. The summed E-state index contributed by atoms with van der Waals surface area (Å²) in [7, 11) is 0. The number of halogens is 1. The highest BCUT2D eigenvalue weighted by Gasteiger charge is 2.24. The number of hydrogen-bond acceptors (Lipinski definition) is 2. The third-order valence-electron chi connectivity index (χ3n) is 2.64. The van der Waals surface area contributed by atoms with Crippen molar-refractivity contribution in [2.24, 2.45) is 5.92 Å². The number of fused-ring (bicyclic) bond motifs is 1. The maximum Gasteiger partial charge on any atom is 0.193 e. The van der Waals surface area contributed by atoms with Crippen molar-refractivity contribution in [2.45, 2.75) is 32.7 Å². The first-order chi connectivity index (χ1) is 6.66. The molecule has 2 heterocycles. The van der Waals surface area contributed by atoms with Gasteiger partial charge in [0, 0.05) is 30.6 Å². The van der Waals surface area contributed by atoms with Crippen molar-refractivity contribution in [3.05, 3.63) is 22.6 Å². The van der Waals surface area contributed by atoms with E-state index in [-0.39, 0.29) is 0 Å². The van der Waals surface area contributed by atoms with Gasteiger partial charge in [-0.1, -0.05) is 13.8 Å². The molecule has 0 saturated heterocycles. The Hall–Kier alpha value is -0.470. The molecule has 0 radical (unpaired) electrons. The summed E-state index contributed by atoms with van der Waals surface area (Å²) in [6.45, 7) is 5.46. The van der Waals surface area contributed by atoms with Crippen LogP contribution >= 0.6 is 11.6 Å². The quantitative estimate of drug-likeness (QED) is 0.817. The number of hydrogen-bond donors (Lipinski definition) is 1. The SMILES string of the molecule is CC(C)CC1NCCc2oc(Cl)cc21. The number of rotatable bonds is 2. The van der Waals surface area contributed by atoms with Crippen LogP contribution in [0, 0.1) is 5.92 Å². The van der Waals surface area contributed by atoms with Gasteiger partial charge >= 0.3 is 0 Å². The first-order valence-electron chi connectivity index (χ1n) is 5.18. The molecular weight excluding hydrogens is 198 g/mol. The Morgan fingerprint density at radius 3 is 3.14 bits per heavy atom. The van der Waals surface area contributed by atoms with E-state index in [1.807, 2.05) is 6.07 Å². The average molecular weight is 214 g/mol. The van der Waals surface area contributed by atoms with Crippen LogP contribution in [0.2, 0.25) is 5.22 Å². The van der Waals surface area contributed by atoms with Gasteiger partial charge in [-0.05, 0) is 23.9 Å². The van der Waals surface area contributed by atoms with E-state index < -0.39 is 0 Å². The maximum absolute atomic E-state index is 5.86. The molecular formula is C11H16ClNO. The molecule has 1 aliphatic heterocycles. The topological polar surface area (TPSA) is 25.2 Å². The molecule has 1 atom stereocenters. The molecule has 0 spiro atoms. The molecule has 1 aromatic rings. The van der Waals surface area contributed by atoms with Crippen LogP contribution in [0.25, 0.3) is 0 Å². The minimum absolute atomic E-state index is 0.426. The molecule has 1 aromatic heterocycles. The minimum atomic E-state index is 0.426. The third kappa shape index (κ3) is 1.96. The molecule has 0 saturated carbocycles. The molecule has 1 aliphatic rings. The van der Waals surface area contributed by atoms with Crippen LogP contribution in [-0.4, -0.2) is 6.54 Å². The highest BCUT2D eigenvalue weighted by Crippen LogP contribution is 2.32. The molecule has 1 unspecified atom stereocenters. The maximum atomic E-state index is 5.86. The molecule has 1 N–H and O–H groups in total. The van der Waals surface area contributed by atoms with E-state index in [1.165, 1.54) is 5.56 Å². The molecule has 2 nitrogen and oxygen atoms in total. The number of furan rings is 1. The summed E-state index contributed by atoms with van der Waals surface area (Å²) in [4.78, 5) is 0. The van der Waals surface area contributed by atoms with E-state index in [0.717, 1.165) is 25.1 Å². The van der Waals surface area contributed by atoms with Crippen LogP contribution in [0.1, 0.15) is 37.6 Å². The lowest BCUT2D eigenvalue weighted by atomic mass is 9.94. The van der Waals surface area contributed by atoms with E-state index in [9.17, 15) is 0 Å². The molecule has 0 aromatic carbocycles. The highest BCUT2D eigenvalue weighted by molar-refractivity contribution is 6.28. The first kappa shape index (κ1) is 10.1. The molecule has 0 fully saturated rings. The van der Waals surface area contributed by atoms with E-state index in [2.05, 4.69) is 19.2 Å². The molecule has 0 aliphatic carbocycles. The van der Waals surface area contributed by atoms with Crippen molar-refractivity contribution in [3.63, 3.8) is 0 Å². The van der Waals surface area contributed by atoms with Gasteiger partial charge < -0.3 is 9.73 Å². The van der Waals surface area contributed by atoms with Crippen LogP contribution in [0.3, 0.4) is 0 Å². The summed E-state index contributed by atoms with van der Waals surface area (Å²) in [5.41, 5.74) is 1.26. The minimum Gasteiger partial charge on any atom is -0.449 e. The van der Waals surface area contributed by atoms with Crippen molar-refractivity contribution in [2.75, 3.05) is 6.54 Å². The Bertz CT molecular complexity index is 319. The Labute approximate surface area is 89.6 Å². The lowest BCUT2D eigenvalue weighted by molar-refractivity contribution is 0.386. The van der Waals surface area contributed by atoms with Crippen LogP contribution in [0.5, 0.6) is 0 Å². The monoisotopic (exact) mass is 213 g/mol. The molecule has 0 bridgehead atoms. The summed E-state index contributed by atoms with van der Waals surface area (Å²) in [5, 5.41) is 4.02. The molecule has 3 heteroatoms. The van der Waals surface area contributed by atoms with E-state index >= 15 is 0 Å². The van der Waals surface area contributed by atoms with Gasteiger partial charge in [0.1, 0.15) is 5.76 Å². The van der Waals surface area contributed by atoms with E-state index in [4.69, 9.17) is 16.0 Å². The van der Waals surface area contributed by atoms with Gasteiger partial charge in [-0.25, -0.2) is 0 Å². The zero-order valence-corrected chi connectivity index (χ0v) is 9.40. The Balaban J connectivity index is 2.21. The van der Waals surface area contributed by atoms with Gasteiger partial charge in [0.15, 0.2) is 5.22 Å². The van der Waals surface area contributed by atoms with Crippen LogP contribution in [-0.2, 0) is 6.42 Å². The lowest BCUT2D eigenvalue weighted by Gasteiger charge is -2.24. The zero-order chi connectivity index (χ0) is 10.1. The Morgan fingerprint density at radius 1 is 1.64 bits per heavy atom. The fourth-order valence-electron chi connectivity index (χ4n) is 2.05. The summed E-state index contributed by atoms with van der Waals surface area (Å²) in [5.74, 6) is 1.76. The van der Waals surface area contributed by atoms with Gasteiger partial charge in [-0.15, -0.1) is 0 Å². The van der Waals surface area contributed by atoms with Crippen molar-refractivity contribution >= 4 is 11.6 Å². The summed E-state index contributed by atoms with van der Waals surface area (Å²) >= 11 is 5.86. The first-order valence-corrected chi connectivity index (χ1v) is 5.56. The fourth-order valence-corrected chi connectivity index (χ4v) is 2.26. The second-order valence-corrected chi connectivity index (χ2v) is 4.69. The normalized spacial score (nSPS) is 21.3. The Kier molecular flexibility index (Phi) is 2.84. The number of nitrogens with one attached hydrogen (secondary N) is 1. The Morgan fingerprint density at radius 2 is 2.43 bits per heavy atom. The molecule has 78 valence electrons. The van der Waals surface area contributed by atoms with Gasteiger partial charge in [0.25, 0.3) is 0 Å².